The molecule has 0 atom stereocenters. The molecule has 7 heteroatoms. The molecule has 0 saturated carbocycles. The van der Waals surface area contributed by atoms with Crippen LogP contribution in [0.25, 0.3) is 11.5 Å². The van der Waals surface area contributed by atoms with Gasteiger partial charge >= 0.3 is 6.09 Å². The largest absolute Gasteiger partial charge is 0.444 e. The molecule has 0 unspecified atom stereocenters. The summed E-state index contributed by atoms with van der Waals surface area (Å²) in [5.41, 5.74) is 1.15. The summed E-state index contributed by atoms with van der Waals surface area (Å²) in [6.45, 7) is 8.82. The number of amides is 1. The SMILES string of the molecule is CC(C)(C)OC(=O)NCC1CCN(Cc2coc(-c3ccc(F)cc3)n2)CC1. The predicted molar refractivity (Wildman–Crippen MR) is 104 cm³/mol. The average Bonchev–Trinajstić information content (AvgIpc) is 3.09. The second kappa shape index (κ2) is 8.73. The molecule has 152 valence electrons. The van der Waals surface area contributed by atoms with Gasteiger partial charge in [0.1, 0.15) is 17.7 Å². The van der Waals surface area contributed by atoms with Gasteiger partial charge in [0, 0.05) is 18.7 Å². The maximum atomic E-state index is 13.0. The minimum absolute atomic E-state index is 0.278. The Morgan fingerprint density at radius 3 is 2.61 bits per heavy atom. The van der Waals surface area contributed by atoms with Gasteiger partial charge in [-0.3, -0.25) is 4.90 Å². The molecule has 2 aromatic rings. The highest BCUT2D eigenvalue weighted by Crippen LogP contribution is 2.22. The summed E-state index contributed by atoms with van der Waals surface area (Å²) >= 11 is 0. The minimum Gasteiger partial charge on any atom is -0.444 e. The van der Waals surface area contributed by atoms with E-state index in [4.69, 9.17) is 9.15 Å². The Kier molecular flexibility index (Phi) is 6.34. The fourth-order valence-corrected chi connectivity index (χ4v) is 3.22. The smallest absolute Gasteiger partial charge is 0.407 e. The Bertz CT molecular complexity index is 775. The van der Waals surface area contributed by atoms with Crippen LogP contribution in [0.15, 0.2) is 34.9 Å². The Balaban J connectivity index is 1.42. The summed E-state index contributed by atoms with van der Waals surface area (Å²) in [6, 6.07) is 6.12. The number of carbonyl (C=O) groups is 1. The highest BCUT2D eigenvalue weighted by molar-refractivity contribution is 5.67. The van der Waals surface area contributed by atoms with Gasteiger partial charge in [0.15, 0.2) is 0 Å². The van der Waals surface area contributed by atoms with Crippen molar-refractivity contribution < 1.29 is 18.3 Å². The number of alkyl carbamates (subject to hydrolysis) is 1. The number of hydrogen-bond acceptors (Lipinski definition) is 5. The van der Waals surface area contributed by atoms with Gasteiger partial charge < -0.3 is 14.5 Å². The number of rotatable bonds is 5. The number of nitrogens with one attached hydrogen (secondary N) is 1. The Labute approximate surface area is 165 Å². The molecular formula is C21H28FN3O3. The van der Waals surface area contributed by atoms with Crippen LogP contribution in [-0.2, 0) is 11.3 Å². The van der Waals surface area contributed by atoms with E-state index >= 15 is 0 Å². The highest BCUT2D eigenvalue weighted by Gasteiger charge is 2.22. The zero-order chi connectivity index (χ0) is 20.1. The fourth-order valence-electron chi connectivity index (χ4n) is 3.22. The molecule has 1 aliphatic heterocycles. The molecule has 1 aromatic heterocycles. The standard InChI is InChI=1S/C21H28FN3O3/c1-21(2,3)28-20(26)23-12-15-8-10-25(11-9-15)13-18-14-27-19(24-18)16-4-6-17(22)7-5-16/h4-7,14-15H,8-13H2,1-3H3,(H,23,26). The fraction of sp³-hybridized carbons (Fsp3) is 0.524. The molecule has 1 N–H and O–H groups in total. The molecule has 0 aliphatic carbocycles. The number of aromatic nitrogens is 1. The minimum atomic E-state index is -0.474. The third kappa shape index (κ3) is 6.05. The van der Waals surface area contributed by atoms with Gasteiger partial charge in [-0.2, -0.15) is 0 Å². The number of carbonyl (C=O) groups excluding carboxylic acids is 1. The van der Waals surface area contributed by atoms with Gasteiger partial charge in [0.2, 0.25) is 5.89 Å². The number of piperidine rings is 1. The first kappa shape index (κ1) is 20.3. The zero-order valence-electron chi connectivity index (χ0n) is 16.7. The van der Waals surface area contributed by atoms with Crippen molar-refractivity contribution in [2.45, 2.75) is 45.8 Å². The van der Waals surface area contributed by atoms with Crippen LogP contribution < -0.4 is 5.32 Å². The van der Waals surface area contributed by atoms with Crippen molar-refractivity contribution >= 4 is 6.09 Å². The lowest BCUT2D eigenvalue weighted by atomic mass is 9.97. The van der Waals surface area contributed by atoms with Crippen LogP contribution in [0.1, 0.15) is 39.3 Å². The Hall–Kier alpha value is -2.41. The van der Waals surface area contributed by atoms with E-state index in [0.29, 0.717) is 18.4 Å². The van der Waals surface area contributed by atoms with Gasteiger partial charge in [-0.05, 0) is 76.9 Å². The van der Waals surface area contributed by atoms with Gasteiger partial charge in [0.05, 0.1) is 5.69 Å². The molecular weight excluding hydrogens is 361 g/mol. The van der Waals surface area contributed by atoms with Crippen molar-refractivity contribution in [1.82, 2.24) is 15.2 Å². The number of nitrogens with zero attached hydrogens (tertiary/aromatic N) is 2. The summed E-state index contributed by atoms with van der Waals surface area (Å²) in [5.74, 6) is 0.682. The monoisotopic (exact) mass is 389 g/mol. The van der Waals surface area contributed by atoms with Crippen molar-refractivity contribution in [3.63, 3.8) is 0 Å². The summed E-state index contributed by atoms with van der Waals surface area (Å²) in [6.07, 6.45) is 3.33. The van der Waals surface area contributed by atoms with Gasteiger partial charge in [-0.15, -0.1) is 0 Å². The van der Waals surface area contributed by atoms with Crippen molar-refractivity contribution in [3.05, 3.63) is 42.0 Å². The van der Waals surface area contributed by atoms with Crippen molar-refractivity contribution in [3.8, 4) is 11.5 Å². The quantitative estimate of drug-likeness (QED) is 0.829. The first-order valence-corrected chi connectivity index (χ1v) is 9.68. The van der Waals surface area contributed by atoms with E-state index in [9.17, 15) is 9.18 Å². The van der Waals surface area contributed by atoms with E-state index < -0.39 is 5.60 Å². The number of ether oxygens (including phenoxy) is 1. The highest BCUT2D eigenvalue weighted by atomic mass is 19.1. The second-order valence-electron chi connectivity index (χ2n) is 8.25. The third-order valence-corrected chi connectivity index (χ3v) is 4.67. The Morgan fingerprint density at radius 1 is 1.29 bits per heavy atom. The number of likely N-dealkylation sites (tertiary alicyclic amines) is 1. The van der Waals surface area contributed by atoms with Crippen LogP contribution in [0.5, 0.6) is 0 Å². The van der Waals surface area contributed by atoms with Crippen LogP contribution in [0, 0.1) is 11.7 Å². The first-order valence-electron chi connectivity index (χ1n) is 9.68. The lowest BCUT2D eigenvalue weighted by molar-refractivity contribution is 0.0509. The van der Waals surface area contributed by atoms with E-state index in [1.165, 1.54) is 12.1 Å². The first-order chi connectivity index (χ1) is 13.3. The summed E-state index contributed by atoms with van der Waals surface area (Å²) < 4.78 is 23.8. The summed E-state index contributed by atoms with van der Waals surface area (Å²) in [5, 5.41) is 2.87. The zero-order valence-corrected chi connectivity index (χ0v) is 16.7. The van der Waals surface area contributed by atoms with Gasteiger partial charge in [0.25, 0.3) is 0 Å². The molecule has 28 heavy (non-hydrogen) atoms. The summed E-state index contributed by atoms with van der Waals surface area (Å²) in [7, 11) is 0. The van der Waals surface area contributed by atoms with Gasteiger partial charge in [-0.1, -0.05) is 0 Å². The third-order valence-electron chi connectivity index (χ3n) is 4.67. The lowest BCUT2D eigenvalue weighted by Crippen LogP contribution is -2.40. The molecule has 1 amide bonds. The van der Waals surface area contributed by atoms with E-state index in [-0.39, 0.29) is 11.9 Å². The lowest BCUT2D eigenvalue weighted by Gasteiger charge is -2.31. The van der Waals surface area contributed by atoms with E-state index in [1.54, 1.807) is 18.4 Å². The molecule has 6 nitrogen and oxygen atoms in total. The van der Waals surface area contributed by atoms with Crippen LogP contribution in [0.2, 0.25) is 0 Å². The molecule has 1 aliphatic rings. The molecule has 1 saturated heterocycles. The van der Waals surface area contributed by atoms with Crippen LogP contribution in [0.4, 0.5) is 9.18 Å². The van der Waals surface area contributed by atoms with Crippen LogP contribution in [0.3, 0.4) is 0 Å². The van der Waals surface area contributed by atoms with Crippen LogP contribution in [-0.4, -0.2) is 41.2 Å². The molecule has 3 rings (SSSR count). The normalized spacial score (nSPS) is 16.1. The van der Waals surface area contributed by atoms with E-state index in [1.807, 2.05) is 20.8 Å². The van der Waals surface area contributed by atoms with Crippen molar-refractivity contribution in [2.75, 3.05) is 19.6 Å². The van der Waals surface area contributed by atoms with Crippen LogP contribution >= 0.6 is 0 Å². The summed E-state index contributed by atoms with van der Waals surface area (Å²) in [4.78, 5) is 18.6. The molecule has 1 fully saturated rings. The molecule has 0 spiro atoms. The number of benzene rings is 1. The predicted octanol–water partition coefficient (Wildman–Crippen LogP) is 4.22. The number of hydrogen-bond donors (Lipinski definition) is 1. The van der Waals surface area contributed by atoms with E-state index in [2.05, 4.69) is 15.2 Å². The number of oxazole rings is 1. The average molecular weight is 389 g/mol. The molecule has 0 bridgehead atoms. The van der Waals surface area contributed by atoms with Crippen molar-refractivity contribution in [1.29, 1.82) is 0 Å². The van der Waals surface area contributed by atoms with E-state index in [0.717, 1.165) is 43.7 Å². The molecule has 2 heterocycles. The topological polar surface area (TPSA) is 67.6 Å². The maximum absolute atomic E-state index is 13.0. The van der Waals surface area contributed by atoms with Gasteiger partial charge in [-0.25, -0.2) is 14.2 Å². The Morgan fingerprint density at radius 2 is 1.96 bits per heavy atom. The maximum Gasteiger partial charge on any atom is 0.407 e. The number of halogens is 1. The van der Waals surface area contributed by atoms with Crippen molar-refractivity contribution in [2.24, 2.45) is 5.92 Å². The second-order valence-corrected chi connectivity index (χ2v) is 8.25. The molecule has 1 aromatic carbocycles. The molecule has 0 radical (unpaired) electrons.